The molecule has 3 aromatic rings. The molecule has 0 fully saturated rings. The zero-order valence-corrected chi connectivity index (χ0v) is 14.3. The van der Waals surface area contributed by atoms with Gasteiger partial charge in [-0.1, -0.05) is 24.3 Å². The number of rotatable bonds is 3. The SMILES string of the molecule is N=Cc1ccc(-c2c(-c3cccc(C(F)(F)F)c3)nn3c2CCC3)cc1N. The predicted octanol–water partition coefficient (Wildman–Crippen LogP) is 4.76. The fourth-order valence-corrected chi connectivity index (χ4v) is 3.54. The van der Waals surface area contributed by atoms with Gasteiger partial charge in [0.15, 0.2) is 0 Å². The standard InChI is InChI=1S/C20H17F3N4/c21-20(22,23)15-4-1-3-13(9-15)19-18(17-5-2-8-27(17)26-19)12-6-7-14(11-24)16(25)10-12/h1,3-4,6-7,9-11,24H,2,5,8,25H2. The first-order valence-electron chi connectivity index (χ1n) is 8.56. The molecule has 1 aromatic heterocycles. The van der Waals surface area contributed by atoms with Crippen molar-refractivity contribution >= 4 is 11.9 Å². The number of aromatic nitrogens is 2. The number of hydrogen-bond acceptors (Lipinski definition) is 3. The van der Waals surface area contributed by atoms with E-state index < -0.39 is 11.7 Å². The fraction of sp³-hybridized carbons (Fsp3) is 0.200. The number of nitrogen functional groups attached to an aromatic ring is 1. The topological polar surface area (TPSA) is 67.7 Å². The van der Waals surface area contributed by atoms with E-state index in [0.717, 1.165) is 48.3 Å². The number of fused-ring (bicyclic) bond motifs is 1. The van der Waals surface area contributed by atoms with Crippen molar-refractivity contribution in [3.8, 4) is 22.4 Å². The molecule has 0 radical (unpaired) electrons. The highest BCUT2D eigenvalue weighted by Crippen LogP contribution is 2.40. The second-order valence-corrected chi connectivity index (χ2v) is 6.56. The van der Waals surface area contributed by atoms with Crippen molar-refractivity contribution in [1.82, 2.24) is 9.78 Å². The average Bonchev–Trinajstić information content (AvgIpc) is 3.22. The predicted molar refractivity (Wildman–Crippen MR) is 98.7 cm³/mol. The minimum Gasteiger partial charge on any atom is -0.398 e. The molecule has 0 aliphatic carbocycles. The van der Waals surface area contributed by atoms with Gasteiger partial charge in [0.2, 0.25) is 0 Å². The highest BCUT2D eigenvalue weighted by Gasteiger charge is 2.31. The number of nitrogens with zero attached hydrogens (tertiary/aromatic N) is 2. The average molecular weight is 370 g/mol. The number of benzene rings is 2. The number of hydrogen-bond donors (Lipinski definition) is 2. The van der Waals surface area contributed by atoms with E-state index in [1.807, 2.05) is 10.7 Å². The first-order valence-corrected chi connectivity index (χ1v) is 8.56. The van der Waals surface area contributed by atoms with Gasteiger partial charge in [-0.25, -0.2) is 0 Å². The molecule has 4 rings (SSSR count). The monoisotopic (exact) mass is 370 g/mol. The van der Waals surface area contributed by atoms with Crippen molar-refractivity contribution in [2.45, 2.75) is 25.6 Å². The summed E-state index contributed by atoms with van der Waals surface area (Å²) in [5.74, 6) is 0. The molecular weight excluding hydrogens is 353 g/mol. The molecule has 0 saturated carbocycles. The van der Waals surface area contributed by atoms with E-state index in [1.165, 1.54) is 12.3 Å². The largest absolute Gasteiger partial charge is 0.416 e. The third-order valence-corrected chi connectivity index (χ3v) is 4.84. The van der Waals surface area contributed by atoms with E-state index >= 15 is 0 Å². The van der Waals surface area contributed by atoms with Crippen molar-refractivity contribution in [2.24, 2.45) is 0 Å². The molecule has 7 heteroatoms. The number of halogens is 3. The molecule has 1 aliphatic rings. The molecule has 138 valence electrons. The zero-order valence-electron chi connectivity index (χ0n) is 14.3. The highest BCUT2D eigenvalue weighted by atomic mass is 19.4. The minimum absolute atomic E-state index is 0.427. The van der Waals surface area contributed by atoms with Crippen LogP contribution in [-0.4, -0.2) is 16.0 Å². The Kier molecular flexibility index (Phi) is 4.02. The Morgan fingerprint density at radius 3 is 2.63 bits per heavy atom. The van der Waals surface area contributed by atoms with Crippen molar-refractivity contribution < 1.29 is 13.2 Å². The molecule has 0 saturated heterocycles. The lowest BCUT2D eigenvalue weighted by Crippen LogP contribution is -2.04. The molecule has 3 N–H and O–H groups in total. The van der Waals surface area contributed by atoms with Crippen LogP contribution in [0.2, 0.25) is 0 Å². The number of nitrogens with one attached hydrogen (secondary N) is 1. The van der Waals surface area contributed by atoms with Crippen LogP contribution in [0.3, 0.4) is 0 Å². The second kappa shape index (κ2) is 6.26. The number of anilines is 1. The van der Waals surface area contributed by atoms with Crippen LogP contribution >= 0.6 is 0 Å². The Morgan fingerprint density at radius 2 is 1.93 bits per heavy atom. The van der Waals surface area contributed by atoms with E-state index in [4.69, 9.17) is 11.1 Å². The van der Waals surface area contributed by atoms with Crippen LogP contribution in [0.15, 0.2) is 42.5 Å². The first-order chi connectivity index (χ1) is 12.9. The summed E-state index contributed by atoms with van der Waals surface area (Å²) in [6.07, 6.45) is -1.47. The molecule has 1 aliphatic heterocycles. The Morgan fingerprint density at radius 1 is 1.11 bits per heavy atom. The third-order valence-electron chi connectivity index (χ3n) is 4.84. The van der Waals surface area contributed by atoms with Gasteiger partial charge in [-0.05, 0) is 36.6 Å². The van der Waals surface area contributed by atoms with E-state index in [0.29, 0.717) is 22.5 Å². The summed E-state index contributed by atoms with van der Waals surface area (Å²) in [5.41, 5.74) is 9.96. The summed E-state index contributed by atoms with van der Waals surface area (Å²) >= 11 is 0. The summed E-state index contributed by atoms with van der Waals surface area (Å²) in [4.78, 5) is 0. The van der Waals surface area contributed by atoms with Crippen molar-refractivity contribution in [2.75, 3.05) is 5.73 Å². The lowest BCUT2D eigenvalue weighted by molar-refractivity contribution is -0.137. The maximum Gasteiger partial charge on any atom is 0.416 e. The molecule has 0 bridgehead atoms. The molecule has 0 amide bonds. The van der Waals surface area contributed by atoms with Gasteiger partial charge in [-0.15, -0.1) is 0 Å². The first kappa shape index (κ1) is 17.3. The van der Waals surface area contributed by atoms with E-state index in [-0.39, 0.29) is 0 Å². The summed E-state index contributed by atoms with van der Waals surface area (Å²) in [5, 5.41) is 12.0. The lowest BCUT2D eigenvalue weighted by atomic mass is 9.95. The van der Waals surface area contributed by atoms with Crippen LogP contribution in [-0.2, 0) is 19.1 Å². The molecule has 27 heavy (non-hydrogen) atoms. The Bertz CT molecular complexity index is 1030. The molecule has 2 aromatic carbocycles. The summed E-state index contributed by atoms with van der Waals surface area (Å²) < 4.78 is 41.3. The van der Waals surface area contributed by atoms with Crippen molar-refractivity contribution in [3.05, 3.63) is 59.3 Å². The van der Waals surface area contributed by atoms with Crippen molar-refractivity contribution in [1.29, 1.82) is 5.41 Å². The lowest BCUT2D eigenvalue weighted by Gasteiger charge is -2.10. The van der Waals surface area contributed by atoms with Crippen LogP contribution in [0.5, 0.6) is 0 Å². The molecule has 2 heterocycles. The van der Waals surface area contributed by atoms with Crippen LogP contribution in [0.4, 0.5) is 18.9 Å². The normalized spacial score (nSPS) is 13.6. The number of nitrogens with two attached hydrogens (primary N) is 1. The van der Waals surface area contributed by atoms with Crippen LogP contribution in [0.1, 0.15) is 23.2 Å². The highest BCUT2D eigenvalue weighted by molar-refractivity contribution is 5.90. The van der Waals surface area contributed by atoms with Gasteiger partial charge in [-0.3, -0.25) is 4.68 Å². The molecule has 0 atom stereocenters. The van der Waals surface area contributed by atoms with Gasteiger partial charge in [-0.2, -0.15) is 18.3 Å². The zero-order chi connectivity index (χ0) is 19.2. The van der Waals surface area contributed by atoms with Crippen molar-refractivity contribution in [3.63, 3.8) is 0 Å². The summed E-state index contributed by atoms with van der Waals surface area (Å²) in [6.45, 7) is 0.745. The summed E-state index contributed by atoms with van der Waals surface area (Å²) in [7, 11) is 0. The maximum absolute atomic E-state index is 13.1. The van der Waals surface area contributed by atoms with Gasteiger partial charge in [0.05, 0.1) is 5.56 Å². The molecule has 0 unspecified atom stereocenters. The Labute approximate surface area is 153 Å². The maximum atomic E-state index is 13.1. The third kappa shape index (κ3) is 2.99. The van der Waals surface area contributed by atoms with Gasteiger partial charge >= 0.3 is 6.18 Å². The number of aryl methyl sites for hydroxylation is 1. The van der Waals surface area contributed by atoms with Gasteiger partial charge in [0, 0.05) is 40.8 Å². The van der Waals surface area contributed by atoms with Crippen LogP contribution in [0, 0.1) is 5.41 Å². The molecule has 0 spiro atoms. The van der Waals surface area contributed by atoms with E-state index in [2.05, 4.69) is 5.10 Å². The van der Waals surface area contributed by atoms with E-state index in [1.54, 1.807) is 18.2 Å². The fourth-order valence-electron chi connectivity index (χ4n) is 3.54. The smallest absolute Gasteiger partial charge is 0.398 e. The minimum atomic E-state index is -4.41. The molecule has 4 nitrogen and oxygen atoms in total. The number of alkyl halides is 3. The Hall–Kier alpha value is -3.09. The van der Waals surface area contributed by atoms with Crippen LogP contribution in [0.25, 0.3) is 22.4 Å². The molecular formula is C20H17F3N4. The van der Waals surface area contributed by atoms with E-state index in [9.17, 15) is 13.2 Å². The Balaban J connectivity index is 1.91. The van der Waals surface area contributed by atoms with Gasteiger partial charge < -0.3 is 11.1 Å². The van der Waals surface area contributed by atoms with Gasteiger partial charge in [0.1, 0.15) is 5.69 Å². The van der Waals surface area contributed by atoms with Crippen LogP contribution < -0.4 is 5.73 Å². The van der Waals surface area contributed by atoms with Gasteiger partial charge in [0.25, 0.3) is 0 Å². The second-order valence-electron chi connectivity index (χ2n) is 6.56. The quantitative estimate of drug-likeness (QED) is 0.515. The summed E-state index contributed by atoms with van der Waals surface area (Å²) in [6, 6.07) is 10.6.